The second-order valence-corrected chi connectivity index (χ2v) is 3.91. The van der Waals surface area contributed by atoms with E-state index in [2.05, 4.69) is 0 Å². The lowest BCUT2D eigenvalue weighted by atomic mass is 10.1. The second kappa shape index (κ2) is 6.51. The molecule has 0 fully saturated rings. The van der Waals surface area contributed by atoms with Gasteiger partial charge in [-0.1, -0.05) is 12.1 Å². The fourth-order valence-corrected chi connectivity index (χ4v) is 1.54. The van der Waals surface area contributed by atoms with Crippen molar-refractivity contribution < 1.29 is 9.47 Å². The van der Waals surface area contributed by atoms with Crippen LogP contribution in [0.2, 0.25) is 0 Å². The quantitative estimate of drug-likeness (QED) is 0.806. The van der Waals surface area contributed by atoms with Crippen LogP contribution in [-0.2, 0) is 4.74 Å². The van der Waals surface area contributed by atoms with Crippen molar-refractivity contribution >= 4 is 0 Å². The maximum Gasteiger partial charge on any atom is 0.119 e. The first-order valence-electron chi connectivity index (χ1n) is 5.75. The predicted octanol–water partition coefficient (Wildman–Crippen LogP) is 2.51. The Morgan fingerprint density at radius 2 is 1.81 bits per heavy atom. The molecule has 0 aliphatic rings. The molecule has 0 aliphatic carbocycles. The molecule has 0 bridgehead atoms. The van der Waals surface area contributed by atoms with Crippen molar-refractivity contribution in [1.82, 2.24) is 0 Å². The Morgan fingerprint density at radius 3 is 2.25 bits per heavy atom. The Balaban J connectivity index is 2.70. The van der Waals surface area contributed by atoms with Gasteiger partial charge in [0, 0.05) is 6.54 Å². The summed E-state index contributed by atoms with van der Waals surface area (Å²) < 4.78 is 11.1. The zero-order valence-corrected chi connectivity index (χ0v) is 10.3. The SMILES string of the molecule is CCOc1ccc([C@H](CN)OC(C)C)cc1. The highest BCUT2D eigenvalue weighted by Gasteiger charge is 2.11. The van der Waals surface area contributed by atoms with Crippen molar-refractivity contribution in [3.05, 3.63) is 29.8 Å². The van der Waals surface area contributed by atoms with Gasteiger partial charge in [0.2, 0.25) is 0 Å². The van der Waals surface area contributed by atoms with Gasteiger partial charge in [-0.15, -0.1) is 0 Å². The van der Waals surface area contributed by atoms with E-state index in [1.54, 1.807) is 0 Å². The fourth-order valence-electron chi connectivity index (χ4n) is 1.54. The summed E-state index contributed by atoms with van der Waals surface area (Å²) >= 11 is 0. The van der Waals surface area contributed by atoms with Crippen molar-refractivity contribution in [1.29, 1.82) is 0 Å². The molecule has 1 atom stereocenters. The van der Waals surface area contributed by atoms with Crippen molar-refractivity contribution in [2.24, 2.45) is 5.73 Å². The van der Waals surface area contributed by atoms with E-state index in [0.717, 1.165) is 11.3 Å². The van der Waals surface area contributed by atoms with E-state index in [4.69, 9.17) is 15.2 Å². The van der Waals surface area contributed by atoms with Crippen LogP contribution in [0.1, 0.15) is 32.4 Å². The second-order valence-electron chi connectivity index (χ2n) is 3.91. The molecule has 90 valence electrons. The van der Waals surface area contributed by atoms with Crippen molar-refractivity contribution in [2.45, 2.75) is 33.0 Å². The van der Waals surface area contributed by atoms with Crippen molar-refractivity contribution in [2.75, 3.05) is 13.2 Å². The van der Waals surface area contributed by atoms with E-state index < -0.39 is 0 Å². The first kappa shape index (κ1) is 13.0. The summed E-state index contributed by atoms with van der Waals surface area (Å²) in [5.41, 5.74) is 6.79. The maximum absolute atomic E-state index is 5.72. The van der Waals surface area contributed by atoms with E-state index in [0.29, 0.717) is 13.2 Å². The zero-order chi connectivity index (χ0) is 12.0. The molecule has 0 radical (unpaired) electrons. The van der Waals surface area contributed by atoms with Crippen LogP contribution >= 0.6 is 0 Å². The molecule has 2 N–H and O–H groups in total. The minimum absolute atomic E-state index is 0.0318. The summed E-state index contributed by atoms with van der Waals surface area (Å²) in [7, 11) is 0. The lowest BCUT2D eigenvalue weighted by Gasteiger charge is -2.19. The van der Waals surface area contributed by atoms with Gasteiger partial charge in [-0.2, -0.15) is 0 Å². The first-order valence-corrected chi connectivity index (χ1v) is 5.75. The van der Waals surface area contributed by atoms with Gasteiger partial charge < -0.3 is 15.2 Å². The number of nitrogens with two attached hydrogens (primary N) is 1. The van der Waals surface area contributed by atoms with Crippen molar-refractivity contribution in [3.63, 3.8) is 0 Å². The third-order valence-corrected chi connectivity index (χ3v) is 2.21. The summed E-state index contributed by atoms with van der Waals surface area (Å²) in [4.78, 5) is 0. The molecule has 3 nitrogen and oxygen atoms in total. The highest BCUT2D eigenvalue weighted by Crippen LogP contribution is 2.21. The standard InChI is InChI=1S/C13H21NO2/c1-4-15-12-7-5-11(6-8-12)13(9-14)16-10(2)3/h5-8,10,13H,4,9,14H2,1-3H3/t13-/m0/s1. The molecule has 0 heterocycles. The fraction of sp³-hybridized carbons (Fsp3) is 0.538. The van der Waals surface area contributed by atoms with Crippen molar-refractivity contribution in [3.8, 4) is 5.75 Å². The first-order chi connectivity index (χ1) is 7.67. The summed E-state index contributed by atoms with van der Waals surface area (Å²) in [6, 6.07) is 7.91. The topological polar surface area (TPSA) is 44.5 Å². The summed E-state index contributed by atoms with van der Waals surface area (Å²) in [5, 5.41) is 0. The Morgan fingerprint density at radius 1 is 1.19 bits per heavy atom. The lowest BCUT2D eigenvalue weighted by Crippen LogP contribution is -2.19. The minimum atomic E-state index is -0.0318. The van der Waals surface area contributed by atoms with Crippen LogP contribution in [0, 0.1) is 0 Å². The molecule has 1 aromatic carbocycles. The Bertz CT molecular complexity index is 295. The molecule has 3 heteroatoms. The third kappa shape index (κ3) is 3.83. The molecule has 1 aromatic rings. The molecule has 0 saturated carbocycles. The van der Waals surface area contributed by atoms with Crippen LogP contribution in [0.5, 0.6) is 5.75 Å². The van der Waals surface area contributed by atoms with Crippen LogP contribution in [0.25, 0.3) is 0 Å². The van der Waals surface area contributed by atoms with E-state index in [1.165, 1.54) is 0 Å². The van der Waals surface area contributed by atoms with Gasteiger partial charge in [-0.25, -0.2) is 0 Å². The van der Waals surface area contributed by atoms with Gasteiger partial charge in [-0.3, -0.25) is 0 Å². The molecular weight excluding hydrogens is 202 g/mol. The molecule has 16 heavy (non-hydrogen) atoms. The number of hydrogen-bond acceptors (Lipinski definition) is 3. The van der Waals surface area contributed by atoms with E-state index in [1.807, 2.05) is 45.0 Å². The van der Waals surface area contributed by atoms with Crippen LogP contribution in [-0.4, -0.2) is 19.3 Å². The molecule has 0 aromatic heterocycles. The average molecular weight is 223 g/mol. The molecule has 0 spiro atoms. The monoisotopic (exact) mass is 223 g/mol. The smallest absolute Gasteiger partial charge is 0.119 e. The number of hydrogen-bond donors (Lipinski definition) is 1. The predicted molar refractivity (Wildman–Crippen MR) is 65.6 cm³/mol. The molecule has 0 amide bonds. The maximum atomic E-state index is 5.72. The number of benzene rings is 1. The highest BCUT2D eigenvalue weighted by atomic mass is 16.5. The van der Waals surface area contributed by atoms with Crippen LogP contribution in [0.4, 0.5) is 0 Å². The molecule has 0 aliphatic heterocycles. The number of ether oxygens (including phenoxy) is 2. The largest absolute Gasteiger partial charge is 0.494 e. The summed E-state index contributed by atoms with van der Waals surface area (Å²) in [6.45, 7) is 7.17. The summed E-state index contributed by atoms with van der Waals surface area (Å²) in [5.74, 6) is 0.881. The third-order valence-electron chi connectivity index (χ3n) is 2.21. The Hall–Kier alpha value is -1.06. The Kier molecular flexibility index (Phi) is 5.29. The van der Waals surface area contributed by atoms with Crippen LogP contribution < -0.4 is 10.5 Å². The van der Waals surface area contributed by atoms with Gasteiger partial charge in [0.15, 0.2) is 0 Å². The van der Waals surface area contributed by atoms with E-state index in [9.17, 15) is 0 Å². The normalized spacial score (nSPS) is 12.8. The molecular formula is C13H21NO2. The van der Waals surface area contributed by atoms with E-state index >= 15 is 0 Å². The van der Waals surface area contributed by atoms with Gasteiger partial charge in [-0.05, 0) is 38.5 Å². The average Bonchev–Trinajstić information content (AvgIpc) is 2.27. The minimum Gasteiger partial charge on any atom is -0.494 e. The summed E-state index contributed by atoms with van der Waals surface area (Å²) in [6.07, 6.45) is 0.149. The molecule has 0 saturated heterocycles. The highest BCUT2D eigenvalue weighted by molar-refractivity contribution is 5.28. The lowest BCUT2D eigenvalue weighted by molar-refractivity contribution is 0.0119. The molecule has 0 unspecified atom stereocenters. The Labute approximate surface area is 97.6 Å². The van der Waals surface area contributed by atoms with Crippen LogP contribution in [0.3, 0.4) is 0 Å². The van der Waals surface area contributed by atoms with Gasteiger partial charge in [0.1, 0.15) is 5.75 Å². The van der Waals surface area contributed by atoms with Gasteiger partial charge in [0.25, 0.3) is 0 Å². The van der Waals surface area contributed by atoms with Crippen LogP contribution in [0.15, 0.2) is 24.3 Å². The van der Waals surface area contributed by atoms with Gasteiger partial charge >= 0.3 is 0 Å². The van der Waals surface area contributed by atoms with E-state index in [-0.39, 0.29) is 12.2 Å². The molecule has 1 rings (SSSR count). The zero-order valence-electron chi connectivity index (χ0n) is 10.3. The van der Waals surface area contributed by atoms with Gasteiger partial charge in [0.05, 0.1) is 18.8 Å². The number of rotatable bonds is 6.